The van der Waals surface area contributed by atoms with Crippen LogP contribution in [0.4, 0.5) is 0 Å². The fraction of sp³-hybridized carbons (Fsp3) is 0.727. The zero-order chi connectivity index (χ0) is 19.8. The van der Waals surface area contributed by atoms with Crippen molar-refractivity contribution in [2.24, 2.45) is 28.6 Å². The fourth-order valence-electron chi connectivity index (χ4n) is 6.92. The molecular formula is C22H30O5. The second-order valence-corrected chi connectivity index (χ2v) is 9.60. The Morgan fingerprint density at radius 1 is 1.26 bits per heavy atom. The third-order valence-corrected chi connectivity index (χ3v) is 8.62. The maximum Gasteiger partial charge on any atom is 0.221 e. The molecule has 2 saturated carbocycles. The first-order valence-corrected chi connectivity index (χ1v) is 10.1. The Labute approximate surface area is 160 Å². The van der Waals surface area contributed by atoms with Gasteiger partial charge in [0.25, 0.3) is 0 Å². The first-order chi connectivity index (χ1) is 12.6. The van der Waals surface area contributed by atoms with E-state index in [2.05, 4.69) is 0 Å². The highest BCUT2D eigenvalue weighted by Gasteiger charge is 2.67. The van der Waals surface area contributed by atoms with E-state index < -0.39 is 28.3 Å². The number of hydrogen-bond donors (Lipinski definition) is 3. The van der Waals surface area contributed by atoms with E-state index in [0.717, 1.165) is 30.4 Å². The lowest BCUT2D eigenvalue weighted by Gasteiger charge is -2.56. The maximum atomic E-state index is 12.2. The molecule has 5 nitrogen and oxygen atoms in total. The smallest absolute Gasteiger partial charge is 0.221 e. The van der Waals surface area contributed by atoms with Crippen LogP contribution < -0.4 is 0 Å². The van der Waals surface area contributed by atoms with E-state index in [0.29, 0.717) is 0 Å². The quantitative estimate of drug-likeness (QED) is 0.507. The van der Waals surface area contributed by atoms with Crippen molar-refractivity contribution in [1.29, 1.82) is 0 Å². The van der Waals surface area contributed by atoms with Crippen molar-refractivity contribution in [2.75, 3.05) is 6.61 Å². The van der Waals surface area contributed by atoms with Gasteiger partial charge >= 0.3 is 0 Å². The van der Waals surface area contributed by atoms with E-state index in [-0.39, 0.29) is 43.0 Å². The summed E-state index contributed by atoms with van der Waals surface area (Å²) in [5.74, 6) is -0.528. The van der Waals surface area contributed by atoms with Gasteiger partial charge in [0.1, 0.15) is 0 Å². The molecule has 5 heteroatoms. The minimum atomic E-state index is -1.12. The topological polar surface area (TPSA) is 94.8 Å². The van der Waals surface area contributed by atoms with Crippen molar-refractivity contribution in [3.8, 4) is 0 Å². The van der Waals surface area contributed by atoms with Crippen molar-refractivity contribution in [2.45, 2.75) is 64.6 Å². The molecule has 3 N–H and O–H groups in total. The first kappa shape index (κ1) is 19.0. The molecule has 2 fully saturated rings. The van der Waals surface area contributed by atoms with Gasteiger partial charge in [-0.1, -0.05) is 38.0 Å². The second kappa shape index (κ2) is 5.85. The zero-order valence-corrected chi connectivity index (χ0v) is 16.4. The van der Waals surface area contributed by atoms with Gasteiger partial charge in [0.2, 0.25) is 11.6 Å². The standard InChI is InChI=1S/C22H30O5/c1-12-8-16-14-5-4-13-9-17(24)18(25)11-20(13,2)15(14)10-19(26)21(16,3)22(12,27)6-7-23/h9-10,12,14,16,19,23,26-27H,4-8,11H2,1-3H3/t12?,14-,16+,19?,20+,21-,22-/m1/s1. The highest BCUT2D eigenvalue weighted by molar-refractivity contribution is 6.42. The minimum Gasteiger partial charge on any atom is -0.396 e. The molecule has 27 heavy (non-hydrogen) atoms. The number of aliphatic hydroxyl groups excluding tert-OH is 2. The molecule has 4 rings (SSSR count). The molecule has 4 aliphatic rings. The molecule has 0 aromatic carbocycles. The Morgan fingerprint density at radius 3 is 2.63 bits per heavy atom. The minimum absolute atomic E-state index is 0.0265. The van der Waals surface area contributed by atoms with Crippen LogP contribution in [0.5, 0.6) is 0 Å². The van der Waals surface area contributed by atoms with E-state index >= 15 is 0 Å². The van der Waals surface area contributed by atoms with Gasteiger partial charge < -0.3 is 15.3 Å². The van der Waals surface area contributed by atoms with Gasteiger partial charge in [-0.15, -0.1) is 0 Å². The lowest BCUT2D eigenvalue weighted by molar-refractivity contribution is -0.155. The van der Waals surface area contributed by atoms with Crippen LogP contribution in [0, 0.1) is 28.6 Å². The number of ketones is 2. The summed E-state index contributed by atoms with van der Waals surface area (Å²) in [6.07, 6.45) is 5.38. The van der Waals surface area contributed by atoms with Crippen LogP contribution in [0.1, 0.15) is 52.9 Å². The lowest BCUT2D eigenvalue weighted by Crippen LogP contribution is -2.59. The van der Waals surface area contributed by atoms with Crippen LogP contribution in [0.15, 0.2) is 23.3 Å². The first-order valence-electron chi connectivity index (χ1n) is 10.1. The molecule has 0 saturated heterocycles. The van der Waals surface area contributed by atoms with Crippen molar-refractivity contribution >= 4 is 11.6 Å². The number of fused-ring (bicyclic) bond motifs is 5. The predicted molar refractivity (Wildman–Crippen MR) is 99.7 cm³/mol. The van der Waals surface area contributed by atoms with Crippen molar-refractivity contribution in [1.82, 2.24) is 0 Å². The molecule has 0 aromatic heterocycles. The average molecular weight is 374 g/mol. The molecule has 7 atom stereocenters. The summed E-state index contributed by atoms with van der Waals surface area (Å²) >= 11 is 0. The number of aliphatic hydroxyl groups is 3. The second-order valence-electron chi connectivity index (χ2n) is 9.60. The van der Waals surface area contributed by atoms with Crippen molar-refractivity contribution < 1.29 is 24.9 Å². The van der Waals surface area contributed by atoms with E-state index in [1.807, 2.05) is 26.8 Å². The summed E-state index contributed by atoms with van der Waals surface area (Å²) in [6.45, 7) is 5.87. The maximum absolute atomic E-state index is 12.2. The van der Waals surface area contributed by atoms with E-state index in [4.69, 9.17) is 0 Å². The number of hydrogen-bond acceptors (Lipinski definition) is 5. The van der Waals surface area contributed by atoms with Crippen LogP contribution >= 0.6 is 0 Å². The number of carbonyl (C=O) groups is 2. The van der Waals surface area contributed by atoms with Crippen molar-refractivity contribution in [3.63, 3.8) is 0 Å². The van der Waals surface area contributed by atoms with Gasteiger partial charge in [-0.2, -0.15) is 0 Å². The van der Waals surface area contributed by atoms with Gasteiger partial charge in [0.15, 0.2) is 0 Å². The molecule has 0 spiro atoms. The molecule has 2 unspecified atom stereocenters. The van der Waals surface area contributed by atoms with Gasteiger partial charge in [-0.25, -0.2) is 0 Å². The highest BCUT2D eigenvalue weighted by atomic mass is 16.3. The number of allylic oxidation sites excluding steroid dienone is 3. The fourth-order valence-corrected chi connectivity index (χ4v) is 6.92. The van der Waals surface area contributed by atoms with Crippen LogP contribution in [0.2, 0.25) is 0 Å². The zero-order valence-electron chi connectivity index (χ0n) is 16.4. The van der Waals surface area contributed by atoms with Crippen molar-refractivity contribution in [3.05, 3.63) is 23.3 Å². The van der Waals surface area contributed by atoms with Crippen LogP contribution in [0.3, 0.4) is 0 Å². The van der Waals surface area contributed by atoms with E-state index in [1.165, 1.54) is 6.08 Å². The summed E-state index contributed by atoms with van der Waals surface area (Å²) in [7, 11) is 0. The largest absolute Gasteiger partial charge is 0.396 e. The van der Waals surface area contributed by atoms with E-state index in [1.54, 1.807) is 0 Å². The molecular weight excluding hydrogens is 344 g/mol. The Bertz CT molecular complexity index is 767. The van der Waals surface area contributed by atoms with Gasteiger partial charge in [0, 0.05) is 30.3 Å². The third kappa shape index (κ3) is 2.22. The highest BCUT2D eigenvalue weighted by Crippen LogP contribution is 2.67. The Kier molecular flexibility index (Phi) is 4.12. The van der Waals surface area contributed by atoms with Crippen LogP contribution in [0.25, 0.3) is 0 Å². The van der Waals surface area contributed by atoms with Crippen LogP contribution in [-0.4, -0.2) is 45.2 Å². The normalized spacial score (nSPS) is 49.1. The lowest BCUT2D eigenvalue weighted by atomic mass is 9.49. The summed E-state index contributed by atoms with van der Waals surface area (Å²) in [5, 5.41) is 32.2. The van der Waals surface area contributed by atoms with Gasteiger partial charge in [-0.05, 0) is 43.1 Å². The third-order valence-electron chi connectivity index (χ3n) is 8.62. The molecule has 0 bridgehead atoms. The molecule has 4 aliphatic carbocycles. The Hall–Kier alpha value is -1.30. The van der Waals surface area contributed by atoms with E-state index in [9.17, 15) is 24.9 Å². The predicted octanol–water partition coefficient (Wildman–Crippen LogP) is 1.95. The summed E-state index contributed by atoms with van der Waals surface area (Å²) in [5.41, 5.74) is -0.284. The molecule has 0 amide bonds. The molecule has 0 radical (unpaired) electrons. The van der Waals surface area contributed by atoms with Crippen LogP contribution in [-0.2, 0) is 9.59 Å². The SMILES string of the molecule is CC1C[C@H]2[C@@H]3CCC4=CC(=O)C(=O)C[C@]4(C)C3=CC(O)[C@]2(C)[C@@]1(O)CCO. The molecule has 0 heterocycles. The Morgan fingerprint density at radius 2 is 1.96 bits per heavy atom. The monoisotopic (exact) mass is 374 g/mol. The summed E-state index contributed by atoms with van der Waals surface area (Å²) < 4.78 is 0. The molecule has 0 aliphatic heterocycles. The average Bonchev–Trinajstić information content (AvgIpc) is 2.80. The number of Topliss-reactive ketones (excluding diaryl/α,β-unsaturated/α-hetero) is 1. The Balaban J connectivity index is 1.83. The number of carbonyl (C=O) groups excluding carboxylic acids is 2. The molecule has 148 valence electrons. The van der Waals surface area contributed by atoms with Gasteiger partial charge in [-0.3, -0.25) is 9.59 Å². The number of rotatable bonds is 2. The van der Waals surface area contributed by atoms with Gasteiger partial charge in [0.05, 0.1) is 11.7 Å². The summed E-state index contributed by atoms with van der Waals surface area (Å²) in [6, 6.07) is 0. The molecule has 0 aromatic rings. The summed E-state index contributed by atoms with van der Waals surface area (Å²) in [4.78, 5) is 24.1.